The molecule has 0 bridgehead atoms. The van der Waals surface area contributed by atoms with Crippen LogP contribution in [0.4, 0.5) is 5.82 Å². The van der Waals surface area contributed by atoms with E-state index in [9.17, 15) is 9.59 Å². The third-order valence-corrected chi connectivity index (χ3v) is 5.15. The minimum absolute atomic E-state index is 0.0694. The van der Waals surface area contributed by atoms with Gasteiger partial charge in [0.1, 0.15) is 5.82 Å². The number of Topliss-reactive ketones (excluding diaryl/α,β-unsaturated/α-hetero) is 1. The lowest BCUT2D eigenvalue weighted by atomic mass is 9.96. The molecule has 7 heteroatoms. The summed E-state index contributed by atoms with van der Waals surface area (Å²) in [7, 11) is 1.33. The predicted octanol–water partition coefficient (Wildman–Crippen LogP) is 3.13. The molecule has 4 rings (SSSR count). The molecule has 27 heavy (non-hydrogen) atoms. The third-order valence-electron chi connectivity index (χ3n) is 5.15. The second-order valence-electron chi connectivity index (χ2n) is 6.72. The summed E-state index contributed by atoms with van der Waals surface area (Å²) in [6.07, 6.45) is 3.44. The van der Waals surface area contributed by atoms with E-state index in [4.69, 9.17) is 4.74 Å². The van der Waals surface area contributed by atoms with E-state index >= 15 is 0 Å². The lowest BCUT2D eigenvalue weighted by molar-refractivity contribution is 0.0594. The van der Waals surface area contributed by atoms with E-state index in [1.54, 1.807) is 29.8 Å². The molecule has 1 aliphatic rings. The Bertz CT molecular complexity index is 1070. The van der Waals surface area contributed by atoms with Gasteiger partial charge in [0, 0.05) is 17.7 Å². The summed E-state index contributed by atoms with van der Waals surface area (Å²) in [4.78, 5) is 28.0. The SMILES string of the molecule is COC(=O)c1cc(N[C@H]2CCc3c2ccc(C(C)=O)c3C)n2nccc2n1. The Morgan fingerprint density at radius 3 is 2.85 bits per heavy atom. The van der Waals surface area contributed by atoms with Crippen molar-refractivity contribution in [3.05, 3.63) is 58.4 Å². The molecular formula is C20H20N4O3. The molecular weight excluding hydrogens is 344 g/mol. The average Bonchev–Trinajstić information content (AvgIpc) is 3.28. The number of esters is 1. The van der Waals surface area contributed by atoms with Crippen LogP contribution in [-0.2, 0) is 11.2 Å². The highest BCUT2D eigenvalue weighted by Gasteiger charge is 2.26. The molecule has 0 aliphatic heterocycles. The number of ketones is 1. The van der Waals surface area contributed by atoms with Gasteiger partial charge in [0.15, 0.2) is 17.1 Å². The maximum Gasteiger partial charge on any atom is 0.356 e. The molecule has 1 aromatic carbocycles. The lowest BCUT2D eigenvalue weighted by Gasteiger charge is -2.18. The fraction of sp³-hybridized carbons (Fsp3) is 0.300. The van der Waals surface area contributed by atoms with E-state index in [1.807, 2.05) is 19.1 Å². The highest BCUT2D eigenvalue weighted by molar-refractivity contribution is 5.96. The average molecular weight is 364 g/mol. The molecule has 0 radical (unpaired) electrons. The highest BCUT2D eigenvalue weighted by Crippen LogP contribution is 2.37. The Kier molecular flexibility index (Phi) is 4.14. The summed E-state index contributed by atoms with van der Waals surface area (Å²) < 4.78 is 6.47. The number of fused-ring (bicyclic) bond motifs is 2. The van der Waals surface area contributed by atoms with E-state index in [0.29, 0.717) is 11.5 Å². The van der Waals surface area contributed by atoms with E-state index in [2.05, 4.69) is 15.4 Å². The molecule has 3 aromatic rings. The number of anilines is 1. The zero-order valence-electron chi connectivity index (χ0n) is 15.4. The van der Waals surface area contributed by atoms with Crippen LogP contribution >= 0.6 is 0 Å². The fourth-order valence-corrected chi connectivity index (χ4v) is 3.82. The van der Waals surface area contributed by atoms with Crippen LogP contribution in [0.5, 0.6) is 0 Å². The Morgan fingerprint density at radius 2 is 2.11 bits per heavy atom. The topological polar surface area (TPSA) is 85.6 Å². The molecule has 2 heterocycles. The first-order valence-corrected chi connectivity index (χ1v) is 8.82. The number of ether oxygens (including phenoxy) is 1. The van der Waals surface area contributed by atoms with Crippen molar-refractivity contribution in [2.45, 2.75) is 32.7 Å². The van der Waals surface area contributed by atoms with Crippen LogP contribution < -0.4 is 5.32 Å². The number of benzene rings is 1. The first kappa shape index (κ1) is 17.2. The van der Waals surface area contributed by atoms with Crippen molar-refractivity contribution in [2.24, 2.45) is 0 Å². The van der Waals surface area contributed by atoms with E-state index in [-0.39, 0.29) is 17.5 Å². The minimum atomic E-state index is -0.490. The smallest absolute Gasteiger partial charge is 0.356 e. The van der Waals surface area contributed by atoms with Crippen molar-refractivity contribution in [1.29, 1.82) is 0 Å². The standard InChI is InChI=1S/C20H20N4O3/c1-11-13(12(2)25)4-5-15-14(11)6-7-16(15)22-19-10-17(20(26)27-3)23-18-8-9-21-24(18)19/h4-5,8-10,16,22H,6-7H2,1-3H3/t16-/m0/s1. The van der Waals surface area contributed by atoms with Gasteiger partial charge in [-0.25, -0.2) is 9.78 Å². The van der Waals surface area contributed by atoms with Gasteiger partial charge in [0.2, 0.25) is 0 Å². The number of nitrogens with zero attached hydrogens (tertiary/aromatic N) is 3. The number of aromatic nitrogens is 3. The molecule has 0 amide bonds. The van der Waals surface area contributed by atoms with Crippen molar-refractivity contribution in [3.8, 4) is 0 Å². The first-order valence-electron chi connectivity index (χ1n) is 8.82. The highest BCUT2D eigenvalue weighted by atomic mass is 16.5. The number of hydrogen-bond donors (Lipinski definition) is 1. The molecule has 138 valence electrons. The van der Waals surface area contributed by atoms with Gasteiger partial charge < -0.3 is 10.1 Å². The summed E-state index contributed by atoms with van der Waals surface area (Å²) in [6.45, 7) is 3.60. The van der Waals surface area contributed by atoms with Crippen LogP contribution in [0, 0.1) is 6.92 Å². The maximum absolute atomic E-state index is 11.9. The monoisotopic (exact) mass is 364 g/mol. The summed E-state index contributed by atoms with van der Waals surface area (Å²) in [5.41, 5.74) is 5.03. The largest absolute Gasteiger partial charge is 0.464 e. The van der Waals surface area contributed by atoms with Crippen molar-refractivity contribution < 1.29 is 14.3 Å². The van der Waals surface area contributed by atoms with Crippen molar-refractivity contribution in [3.63, 3.8) is 0 Å². The van der Waals surface area contributed by atoms with Gasteiger partial charge in [-0.1, -0.05) is 12.1 Å². The number of hydrogen-bond acceptors (Lipinski definition) is 6. The molecule has 2 aromatic heterocycles. The maximum atomic E-state index is 11.9. The van der Waals surface area contributed by atoms with Gasteiger partial charge in [-0.05, 0) is 43.4 Å². The van der Waals surface area contributed by atoms with Crippen molar-refractivity contribution in [1.82, 2.24) is 14.6 Å². The second-order valence-corrected chi connectivity index (χ2v) is 6.72. The molecule has 7 nitrogen and oxygen atoms in total. The van der Waals surface area contributed by atoms with Crippen LogP contribution in [0.2, 0.25) is 0 Å². The molecule has 1 N–H and O–H groups in total. The van der Waals surface area contributed by atoms with E-state index < -0.39 is 5.97 Å². The third kappa shape index (κ3) is 2.85. The molecule has 0 saturated heterocycles. The summed E-state index contributed by atoms with van der Waals surface area (Å²) in [5.74, 6) is 0.272. The summed E-state index contributed by atoms with van der Waals surface area (Å²) >= 11 is 0. The van der Waals surface area contributed by atoms with Gasteiger partial charge in [-0.15, -0.1) is 0 Å². The Balaban J connectivity index is 1.73. The predicted molar refractivity (Wildman–Crippen MR) is 100 cm³/mol. The van der Waals surface area contributed by atoms with Crippen molar-refractivity contribution >= 4 is 23.2 Å². The van der Waals surface area contributed by atoms with Crippen LogP contribution in [0.25, 0.3) is 5.65 Å². The van der Waals surface area contributed by atoms with Crippen LogP contribution in [0.15, 0.2) is 30.5 Å². The number of carbonyl (C=O) groups is 2. The molecule has 0 fully saturated rings. The van der Waals surface area contributed by atoms with Crippen LogP contribution in [-0.4, -0.2) is 33.5 Å². The van der Waals surface area contributed by atoms with E-state index in [0.717, 1.165) is 24.0 Å². The number of carbonyl (C=O) groups excluding carboxylic acids is 2. The quantitative estimate of drug-likeness (QED) is 0.565. The zero-order chi connectivity index (χ0) is 19.1. The van der Waals surface area contributed by atoms with Gasteiger partial charge >= 0.3 is 5.97 Å². The molecule has 0 saturated carbocycles. The van der Waals surface area contributed by atoms with Gasteiger partial charge in [-0.3, -0.25) is 4.79 Å². The van der Waals surface area contributed by atoms with Gasteiger partial charge in [-0.2, -0.15) is 9.61 Å². The molecule has 1 atom stereocenters. The number of nitrogens with one attached hydrogen (secondary N) is 1. The van der Waals surface area contributed by atoms with Crippen LogP contribution in [0.3, 0.4) is 0 Å². The van der Waals surface area contributed by atoms with Crippen molar-refractivity contribution in [2.75, 3.05) is 12.4 Å². The number of methoxy groups -OCH3 is 1. The first-order chi connectivity index (χ1) is 13.0. The normalized spacial score (nSPS) is 15.6. The van der Waals surface area contributed by atoms with E-state index in [1.165, 1.54) is 18.2 Å². The molecule has 0 unspecified atom stereocenters. The second kappa shape index (κ2) is 6.50. The zero-order valence-corrected chi connectivity index (χ0v) is 15.4. The Morgan fingerprint density at radius 1 is 1.30 bits per heavy atom. The Labute approximate surface area is 156 Å². The minimum Gasteiger partial charge on any atom is -0.464 e. The summed E-state index contributed by atoms with van der Waals surface area (Å²) in [5, 5.41) is 7.78. The van der Waals surface area contributed by atoms with Gasteiger partial charge in [0.25, 0.3) is 0 Å². The fourth-order valence-electron chi connectivity index (χ4n) is 3.82. The molecule has 1 aliphatic carbocycles. The van der Waals surface area contributed by atoms with Crippen LogP contribution in [0.1, 0.15) is 56.9 Å². The number of rotatable bonds is 4. The molecule has 0 spiro atoms. The van der Waals surface area contributed by atoms with Gasteiger partial charge in [0.05, 0.1) is 19.3 Å². The lowest BCUT2D eigenvalue weighted by Crippen LogP contribution is -2.14. The Hall–Kier alpha value is -3.22. The summed E-state index contributed by atoms with van der Waals surface area (Å²) in [6, 6.07) is 7.38.